The number of hydrogen-bond acceptors (Lipinski definition) is 3. The van der Waals surface area contributed by atoms with Gasteiger partial charge in [-0.05, 0) is 18.6 Å². The molecule has 0 spiro atoms. The number of nitrogens with two attached hydrogens (primary N) is 1. The lowest BCUT2D eigenvalue weighted by molar-refractivity contribution is 0.682. The third kappa shape index (κ3) is 3.92. The second-order valence-corrected chi connectivity index (χ2v) is 3.87. The van der Waals surface area contributed by atoms with Crippen LogP contribution in [0, 0.1) is 11.3 Å². The van der Waals surface area contributed by atoms with Gasteiger partial charge in [0.25, 0.3) is 0 Å². The lowest BCUT2D eigenvalue weighted by Gasteiger charge is -2.25. The molecule has 1 unspecified atom stereocenters. The summed E-state index contributed by atoms with van der Waals surface area (Å²) >= 11 is 0. The van der Waals surface area contributed by atoms with Crippen LogP contribution in [0.3, 0.4) is 0 Å². The average Bonchev–Trinajstić information content (AvgIpc) is 2.35. The van der Waals surface area contributed by atoms with Crippen molar-refractivity contribution in [2.75, 3.05) is 18.0 Å². The molecular weight excluding hydrogens is 198 g/mol. The van der Waals surface area contributed by atoms with Crippen LogP contribution in [0.15, 0.2) is 30.3 Å². The Kier molecular flexibility index (Phi) is 5.38. The zero-order chi connectivity index (χ0) is 11.8. The predicted octanol–water partition coefficient (Wildman–Crippen LogP) is 2.14. The largest absolute Gasteiger partial charge is 0.369 e. The molecule has 0 bridgehead atoms. The van der Waals surface area contributed by atoms with Gasteiger partial charge in [0.05, 0.1) is 6.07 Å². The number of unbranched alkanes of at least 4 members (excludes halogenated alkanes) is 1. The molecular formula is C13H19N3. The Morgan fingerprint density at radius 3 is 2.62 bits per heavy atom. The average molecular weight is 217 g/mol. The van der Waals surface area contributed by atoms with Crippen LogP contribution in [-0.4, -0.2) is 19.1 Å². The maximum Gasteiger partial charge on any atom is 0.110 e. The zero-order valence-electron chi connectivity index (χ0n) is 9.76. The molecule has 3 heteroatoms. The quantitative estimate of drug-likeness (QED) is 0.794. The highest BCUT2D eigenvalue weighted by Crippen LogP contribution is 2.14. The molecule has 0 saturated heterocycles. The predicted molar refractivity (Wildman–Crippen MR) is 67.2 cm³/mol. The number of nitrogens with zero attached hydrogens (tertiary/aromatic N) is 2. The van der Waals surface area contributed by atoms with Crippen LogP contribution in [0.25, 0.3) is 0 Å². The second kappa shape index (κ2) is 6.86. The fourth-order valence-electron chi connectivity index (χ4n) is 1.59. The molecule has 0 fully saturated rings. The van der Waals surface area contributed by atoms with E-state index >= 15 is 0 Å². The van der Waals surface area contributed by atoms with E-state index in [0.717, 1.165) is 25.1 Å². The first kappa shape index (κ1) is 12.5. The Morgan fingerprint density at radius 2 is 2.06 bits per heavy atom. The molecule has 0 aliphatic rings. The molecule has 0 saturated carbocycles. The molecule has 16 heavy (non-hydrogen) atoms. The first-order valence-corrected chi connectivity index (χ1v) is 5.73. The zero-order valence-corrected chi connectivity index (χ0v) is 9.76. The van der Waals surface area contributed by atoms with Gasteiger partial charge in [-0.1, -0.05) is 31.5 Å². The molecule has 0 aromatic heterocycles. The fourth-order valence-corrected chi connectivity index (χ4v) is 1.59. The van der Waals surface area contributed by atoms with Gasteiger partial charge in [-0.2, -0.15) is 5.26 Å². The molecule has 2 N–H and O–H groups in total. The maximum atomic E-state index is 8.75. The molecule has 0 radical (unpaired) electrons. The third-order valence-corrected chi connectivity index (χ3v) is 2.49. The van der Waals surface area contributed by atoms with Gasteiger partial charge < -0.3 is 10.6 Å². The molecule has 0 aliphatic carbocycles. The summed E-state index contributed by atoms with van der Waals surface area (Å²) in [7, 11) is 0. The van der Waals surface area contributed by atoms with Gasteiger partial charge in [0.1, 0.15) is 6.04 Å². The topological polar surface area (TPSA) is 53.0 Å². The van der Waals surface area contributed by atoms with Crippen LogP contribution in [0.5, 0.6) is 0 Å². The second-order valence-electron chi connectivity index (χ2n) is 3.87. The van der Waals surface area contributed by atoms with E-state index in [1.54, 1.807) is 0 Å². The Hall–Kier alpha value is -1.53. The molecule has 0 aliphatic heterocycles. The summed E-state index contributed by atoms with van der Waals surface area (Å²) in [6.45, 7) is 3.71. The normalized spacial score (nSPS) is 11.8. The highest BCUT2D eigenvalue weighted by Gasteiger charge is 2.09. The molecule has 1 aromatic rings. The number of anilines is 1. The molecule has 1 atom stereocenters. The van der Waals surface area contributed by atoms with E-state index in [4.69, 9.17) is 11.0 Å². The van der Waals surface area contributed by atoms with E-state index in [-0.39, 0.29) is 0 Å². The number of rotatable bonds is 6. The molecule has 86 valence electrons. The van der Waals surface area contributed by atoms with Crippen molar-refractivity contribution in [2.45, 2.75) is 25.8 Å². The van der Waals surface area contributed by atoms with Crippen LogP contribution in [0.1, 0.15) is 19.8 Å². The Morgan fingerprint density at radius 1 is 1.38 bits per heavy atom. The summed E-state index contributed by atoms with van der Waals surface area (Å²) in [6, 6.07) is 11.8. The van der Waals surface area contributed by atoms with E-state index in [2.05, 4.69) is 30.0 Å². The van der Waals surface area contributed by atoms with E-state index in [0.29, 0.717) is 6.54 Å². The summed E-state index contributed by atoms with van der Waals surface area (Å²) in [5.41, 5.74) is 6.82. The SMILES string of the molecule is CCCCN(CC(N)C#N)c1ccccc1. The molecule has 0 heterocycles. The number of benzene rings is 1. The van der Waals surface area contributed by atoms with E-state index in [1.165, 1.54) is 0 Å². The van der Waals surface area contributed by atoms with Gasteiger partial charge in [-0.15, -0.1) is 0 Å². The Bertz CT molecular complexity index is 329. The lowest BCUT2D eigenvalue weighted by Crippen LogP contribution is -2.37. The van der Waals surface area contributed by atoms with Crippen LogP contribution in [-0.2, 0) is 0 Å². The maximum absolute atomic E-state index is 8.75. The van der Waals surface area contributed by atoms with Crippen molar-refractivity contribution in [1.29, 1.82) is 5.26 Å². The molecule has 1 aromatic carbocycles. The van der Waals surface area contributed by atoms with Crippen molar-refractivity contribution in [2.24, 2.45) is 5.73 Å². The van der Waals surface area contributed by atoms with Gasteiger partial charge in [-0.3, -0.25) is 0 Å². The van der Waals surface area contributed by atoms with Gasteiger partial charge >= 0.3 is 0 Å². The summed E-state index contributed by atoms with van der Waals surface area (Å²) in [5.74, 6) is 0. The summed E-state index contributed by atoms with van der Waals surface area (Å²) in [6.07, 6.45) is 2.26. The Balaban J connectivity index is 2.68. The van der Waals surface area contributed by atoms with Crippen molar-refractivity contribution in [3.05, 3.63) is 30.3 Å². The number of hydrogen-bond donors (Lipinski definition) is 1. The van der Waals surface area contributed by atoms with Gasteiger partial charge in [-0.25, -0.2) is 0 Å². The smallest absolute Gasteiger partial charge is 0.110 e. The monoisotopic (exact) mass is 217 g/mol. The number of nitriles is 1. The minimum Gasteiger partial charge on any atom is -0.369 e. The first-order chi connectivity index (χ1) is 7.77. The molecule has 0 amide bonds. The van der Waals surface area contributed by atoms with E-state index in [1.807, 2.05) is 18.2 Å². The van der Waals surface area contributed by atoms with E-state index < -0.39 is 6.04 Å². The van der Waals surface area contributed by atoms with Crippen molar-refractivity contribution in [1.82, 2.24) is 0 Å². The first-order valence-electron chi connectivity index (χ1n) is 5.73. The fraction of sp³-hybridized carbons (Fsp3) is 0.462. The summed E-state index contributed by atoms with van der Waals surface area (Å²) < 4.78 is 0. The van der Waals surface area contributed by atoms with Crippen molar-refractivity contribution in [3.63, 3.8) is 0 Å². The third-order valence-electron chi connectivity index (χ3n) is 2.49. The molecule has 1 rings (SSSR count). The van der Waals surface area contributed by atoms with Crippen molar-refractivity contribution in [3.8, 4) is 6.07 Å². The van der Waals surface area contributed by atoms with Crippen LogP contribution in [0.2, 0.25) is 0 Å². The summed E-state index contributed by atoms with van der Waals surface area (Å²) in [4.78, 5) is 2.18. The van der Waals surface area contributed by atoms with Crippen LogP contribution < -0.4 is 10.6 Å². The van der Waals surface area contributed by atoms with Gasteiger partial charge in [0.2, 0.25) is 0 Å². The number of para-hydroxylation sites is 1. The van der Waals surface area contributed by atoms with Crippen LogP contribution in [0.4, 0.5) is 5.69 Å². The van der Waals surface area contributed by atoms with E-state index in [9.17, 15) is 0 Å². The lowest BCUT2D eigenvalue weighted by atomic mass is 10.2. The highest BCUT2D eigenvalue weighted by molar-refractivity contribution is 5.46. The highest BCUT2D eigenvalue weighted by atomic mass is 15.1. The van der Waals surface area contributed by atoms with Crippen LogP contribution >= 0.6 is 0 Å². The van der Waals surface area contributed by atoms with Gasteiger partial charge in [0, 0.05) is 18.8 Å². The van der Waals surface area contributed by atoms with Gasteiger partial charge in [0.15, 0.2) is 0 Å². The minimum atomic E-state index is -0.419. The summed E-state index contributed by atoms with van der Waals surface area (Å²) in [5, 5.41) is 8.75. The Labute approximate surface area is 97.5 Å². The van der Waals surface area contributed by atoms with Crippen molar-refractivity contribution >= 4 is 5.69 Å². The minimum absolute atomic E-state index is 0.419. The standard InChI is InChI=1S/C13H19N3/c1-2-3-9-16(11-12(15)10-14)13-7-5-4-6-8-13/h4-8,12H,2-3,9,11,15H2,1H3. The van der Waals surface area contributed by atoms with Crippen molar-refractivity contribution < 1.29 is 0 Å². The molecule has 3 nitrogen and oxygen atoms in total.